The monoisotopic (exact) mass is 555 g/mol. The first-order valence-corrected chi connectivity index (χ1v) is 15.7. The number of benzene rings is 1. The van der Waals surface area contributed by atoms with Gasteiger partial charge >= 0.3 is 0 Å². The van der Waals surface area contributed by atoms with Crippen LogP contribution in [0, 0.1) is 6.92 Å². The number of nitrogens with zero attached hydrogens (tertiary/aromatic N) is 4. The molecule has 0 spiro atoms. The van der Waals surface area contributed by atoms with Crippen molar-refractivity contribution in [2.24, 2.45) is 0 Å². The van der Waals surface area contributed by atoms with Gasteiger partial charge in [0.1, 0.15) is 0 Å². The molecule has 0 unspecified atom stereocenters. The van der Waals surface area contributed by atoms with Gasteiger partial charge in [-0.25, -0.2) is 9.97 Å². The van der Waals surface area contributed by atoms with Gasteiger partial charge < -0.3 is 25.8 Å². The Hall–Kier alpha value is -2.50. The van der Waals surface area contributed by atoms with Crippen LogP contribution in [0.25, 0.3) is 20.4 Å². The molecule has 2 saturated heterocycles. The van der Waals surface area contributed by atoms with E-state index >= 15 is 0 Å². The smallest absolute Gasteiger partial charge is 0.241 e. The molecule has 9 nitrogen and oxygen atoms in total. The number of hydrogen-bond acceptors (Lipinski definition) is 9. The highest BCUT2D eigenvalue weighted by Crippen LogP contribution is 2.37. The summed E-state index contributed by atoms with van der Waals surface area (Å²) in [5.41, 5.74) is 2.85. The Kier molecular flexibility index (Phi) is 7.67. The molecule has 3 aromatic rings. The van der Waals surface area contributed by atoms with Gasteiger partial charge in [-0.3, -0.25) is 9.59 Å². The van der Waals surface area contributed by atoms with Crippen LogP contribution in [0.2, 0.25) is 0 Å². The molecule has 0 bridgehead atoms. The van der Waals surface area contributed by atoms with Gasteiger partial charge in [-0.1, -0.05) is 22.7 Å². The summed E-state index contributed by atoms with van der Waals surface area (Å²) in [6.45, 7) is 6.77. The van der Waals surface area contributed by atoms with Crippen molar-refractivity contribution in [1.82, 2.24) is 25.1 Å². The third kappa shape index (κ3) is 5.60. The first kappa shape index (κ1) is 25.8. The third-order valence-corrected chi connectivity index (χ3v) is 10.2. The van der Waals surface area contributed by atoms with E-state index in [4.69, 9.17) is 9.97 Å². The van der Waals surface area contributed by atoms with Crippen LogP contribution in [0.15, 0.2) is 6.07 Å². The molecule has 1 aliphatic carbocycles. The van der Waals surface area contributed by atoms with E-state index < -0.39 is 0 Å². The standard InChI is InChI=1S/C27H37N7O2S2/c1-17-24-20(14-21-25(17)32-27(38-21)29-16-23(36)34-12-4-5-13-34)37-26(31-24)28-15-22(35)30-18-6-8-19(9-7-18)33-10-2-3-11-33/h14,18-19H,2-13,15-16H2,1H3,(H,28,31)(H,29,32)(H,30,35). The van der Waals surface area contributed by atoms with Gasteiger partial charge in [0.2, 0.25) is 11.8 Å². The Bertz CT molecular complexity index is 1300. The van der Waals surface area contributed by atoms with Crippen molar-refractivity contribution in [3.05, 3.63) is 11.6 Å². The number of carbonyl (C=O) groups is 2. The highest BCUT2D eigenvalue weighted by atomic mass is 32.1. The van der Waals surface area contributed by atoms with Crippen molar-refractivity contribution in [2.75, 3.05) is 49.9 Å². The molecule has 1 aromatic carbocycles. The molecule has 11 heteroatoms. The zero-order valence-electron chi connectivity index (χ0n) is 22.1. The second-order valence-electron chi connectivity index (χ2n) is 10.8. The SMILES string of the molecule is Cc1c2nc(NCC(=O)NC3CCC(N4CCCC4)CC3)sc2cc2sc(NCC(=O)N3CCCC3)nc12. The lowest BCUT2D eigenvalue weighted by atomic mass is 9.90. The first-order chi connectivity index (χ1) is 18.5. The van der Waals surface area contributed by atoms with Crippen LogP contribution in [0.5, 0.6) is 0 Å². The largest absolute Gasteiger partial charge is 0.352 e. The fraction of sp³-hybridized carbons (Fsp3) is 0.630. The second kappa shape index (κ2) is 11.3. The molecule has 0 atom stereocenters. The van der Waals surface area contributed by atoms with Crippen molar-refractivity contribution in [1.29, 1.82) is 0 Å². The van der Waals surface area contributed by atoms with Crippen molar-refractivity contribution >= 4 is 65.2 Å². The highest BCUT2D eigenvalue weighted by Gasteiger charge is 2.28. The molecule has 3 N–H and O–H groups in total. The number of hydrogen-bond donors (Lipinski definition) is 3. The minimum atomic E-state index is 0.0347. The number of likely N-dealkylation sites (tertiary alicyclic amines) is 2. The van der Waals surface area contributed by atoms with Crippen LogP contribution in [0.1, 0.15) is 56.9 Å². The summed E-state index contributed by atoms with van der Waals surface area (Å²) in [5.74, 6) is 0.170. The predicted octanol–water partition coefficient (Wildman–Crippen LogP) is 4.18. The molecular formula is C27H37N7O2S2. The quantitative estimate of drug-likeness (QED) is 0.383. The number of anilines is 2. The molecule has 2 aromatic heterocycles. The molecule has 3 aliphatic rings. The number of rotatable bonds is 8. The molecule has 204 valence electrons. The van der Waals surface area contributed by atoms with Crippen LogP contribution < -0.4 is 16.0 Å². The van der Waals surface area contributed by atoms with Gasteiger partial charge in [0, 0.05) is 30.7 Å². The predicted molar refractivity (Wildman–Crippen MR) is 155 cm³/mol. The van der Waals surface area contributed by atoms with Gasteiger partial charge in [-0.05, 0) is 77.4 Å². The second-order valence-corrected chi connectivity index (χ2v) is 12.9. The van der Waals surface area contributed by atoms with Crippen molar-refractivity contribution in [3.63, 3.8) is 0 Å². The lowest BCUT2D eigenvalue weighted by molar-refractivity contribution is -0.128. The summed E-state index contributed by atoms with van der Waals surface area (Å²) in [5, 5.41) is 11.2. The normalized spacial score (nSPS) is 22.4. The minimum absolute atomic E-state index is 0.0347. The fourth-order valence-electron chi connectivity index (χ4n) is 6.14. The number of aryl methyl sites for hydroxylation is 1. The summed E-state index contributed by atoms with van der Waals surface area (Å²) in [6, 6.07) is 3.11. The Balaban J connectivity index is 1.02. The van der Waals surface area contributed by atoms with Crippen LogP contribution >= 0.6 is 22.7 Å². The molecule has 4 heterocycles. The van der Waals surface area contributed by atoms with E-state index in [1.54, 1.807) is 22.7 Å². The van der Waals surface area contributed by atoms with E-state index in [-0.39, 0.29) is 30.9 Å². The summed E-state index contributed by atoms with van der Waals surface area (Å²) in [4.78, 5) is 39.1. The van der Waals surface area contributed by atoms with Crippen LogP contribution in [-0.2, 0) is 9.59 Å². The van der Waals surface area contributed by atoms with E-state index in [0.29, 0.717) is 6.04 Å². The van der Waals surface area contributed by atoms with Crippen molar-refractivity contribution in [2.45, 2.75) is 70.4 Å². The van der Waals surface area contributed by atoms with Gasteiger partial charge in [-0.2, -0.15) is 0 Å². The number of aromatic nitrogens is 2. The lowest BCUT2D eigenvalue weighted by Gasteiger charge is -2.34. The average Bonchev–Trinajstić information content (AvgIpc) is 3.73. The zero-order valence-corrected chi connectivity index (χ0v) is 23.7. The van der Waals surface area contributed by atoms with Crippen LogP contribution in [0.3, 0.4) is 0 Å². The zero-order chi connectivity index (χ0) is 26.1. The molecule has 38 heavy (non-hydrogen) atoms. The number of amides is 2. The van der Waals surface area contributed by atoms with Crippen molar-refractivity contribution < 1.29 is 9.59 Å². The van der Waals surface area contributed by atoms with Crippen molar-refractivity contribution in [3.8, 4) is 0 Å². The Morgan fingerprint density at radius 2 is 1.45 bits per heavy atom. The van der Waals surface area contributed by atoms with E-state index in [1.807, 2.05) is 11.8 Å². The third-order valence-electron chi connectivity index (χ3n) is 8.25. The molecule has 3 fully saturated rings. The molecule has 2 aliphatic heterocycles. The Labute approximate surface area is 231 Å². The topological polar surface area (TPSA) is 102 Å². The Morgan fingerprint density at radius 3 is 2.08 bits per heavy atom. The Morgan fingerprint density at radius 1 is 0.868 bits per heavy atom. The van der Waals surface area contributed by atoms with E-state index in [9.17, 15) is 9.59 Å². The number of fused-ring (bicyclic) bond motifs is 2. The number of thiazole rings is 2. The first-order valence-electron chi connectivity index (χ1n) is 14.0. The van der Waals surface area contributed by atoms with Gasteiger partial charge in [-0.15, -0.1) is 0 Å². The fourth-order valence-corrected chi connectivity index (χ4v) is 8.13. The van der Waals surface area contributed by atoms with E-state index in [1.165, 1.54) is 38.8 Å². The maximum atomic E-state index is 12.6. The van der Waals surface area contributed by atoms with Gasteiger partial charge in [0.15, 0.2) is 10.3 Å². The minimum Gasteiger partial charge on any atom is -0.352 e. The number of carbonyl (C=O) groups excluding carboxylic acids is 2. The summed E-state index contributed by atoms with van der Waals surface area (Å²) in [6.07, 6.45) is 9.37. The summed E-state index contributed by atoms with van der Waals surface area (Å²) >= 11 is 3.13. The van der Waals surface area contributed by atoms with Crippen LogP contribution in [-0.4, -0.2) is 82.9 Å². The highest BCUT2D eigenvalue weighted by molar-refractivity contribution is 7.24. The summed E-state index contributed by atoms with van der Waals surface area (Å²) in [7, 11) is 0. The molecule has 2 amide bonds. The van der Waals surface area contributed by atoms with E-state index in [0.717, 1.165) is 75.0 Å². The van der Waals surface area contributed by atoms with E-state index in [2.05, 4.69) is 26.9 Å². The van der Waals surface area contributed by atoms with Gasteiger partial charge in [0.05, 0.1) is 33.5 Å². The maximum absolute atomic E-state index is 12.6. The molecular weight excluding hydrogens is 518 g/mol. The van der Waals surface area contributed by atoms with Gasteiger partial charge in [0.25, 0.3) is 0 Å². The van der Waals surface area contributed by atoms with Crippen LogP contribution in [0.4, 0.5) is 10.3 Å². The lowest BCUT2D eigenvalue weighted by Crippen LogP contribution is -2.44. The summed E-state index contributed by atoms with van der Waals surface area (Å²) < 4.78 is 2.14. The molecule has 1 saturated carbocycles. The maximum Gasteiger partial charge on any atom is 0.241 e. The number of nitrogens with one attached hydrogen (secondary N) is 3. The molecule has 6 rings (SSSR count). The molecule has 0 radical (unpaired) electrons. The average molecular weight is 556 g/mol.